The normalized spacial score (nSPS) is 10.8. The summed E-state index contributed by atoms with van der Waals surface area (Å²) < 4.78 is 36.3. The standard InChI is InChI=1S/C12H12F2N2O2/c1-17-3-2-10-11(12(15)16-18-10)7-4-8(13)6-9(14)5-7/h4-6H,2-3H2,1H3,(H2,15,16). The van der Waals surface area contributed by atoms with Gasteiger partial charge in [-0.2, -0.15) is 0 Å². The molecular formula is C12H12F2N2O2. The van der Waals surface area contributed by atoms with E-state index in [2.05, 4.69) is 5.16 Å². The number of nitrogen functional groups attached to an aromatic ring is 1. The third-order valence-corrected chi connectivity index (χ3v) is 2.47. The fourth-order valence-corrected chi connectivity index (χ4v) is 1.71. The van der Waals surface area contributed by atoms with E-state index in [1.165, 1.54) is 12.1 Å². The van der Waals surface area contributed by atoms with Crippen molar-refractivity contribution in [3.8, 4) is 11.1 Å². The number of hydrogen-bond acceptors (Lipinski definition) is 4. The van der Waals surface area contributed by atoms with E-state index in [-0.39, 0.29) is 5.82 Å². The van der Waals surface area contributed by atoms with Crippen LogP contribution in [0.4, 0.5) is 14.6 Å². The Hall–Kier alpha value is -1.95. The Morgan fingerprint density at radius 2 is 1.94 bits per heavy atom. The number of anilines is 1. The molecule has 0 bridgehead atoms. The predicted octanol–water partition coefficient (Wildman–Crippen LogP) is 2.39. The lowest BCUT2D eigenvalue weighted by Gasteiger charge is -2.03. The Morgan fingerprint density at radius 1 is 1.28 bits per heavy atom. The second-order valence-corrected chi connectivity index (χ2v) is 3.77. The molecular weight excluding hydrogens is 242 g/mol. The highest BCUT2D eigenvalue weighted by Crippen LogP contribution is 2.30. The van der Waals surface area contributed by atoms with E-state index in [0.717, 1.165) is 6.07 Å². The van der Waals surface area contributed by atoms with E-state index in [4.69, 9.17) is 15.0 Å². The number of ether oxygens (including phenoxy) is 1. The molecule has 1 aromatic carbocycles. The van der Waals surface area contributed by atoms with Gasteiger partial charge in [-0.1, -0.05) is 5.16 Å². The molecule has 0 fully saturated rings. The van der Waals surface area contributed by atoms with Crippen LogP contribution in [0.2, 0.25) is 0 Å². The van der Waals surface area contributed by atoms with Crippen LogP contribution in [-0.4, -0.2) is 18.9 Å². The van der Waals surface area contributed by atoms with Crippen molar-refractivity contribution in [2.24, 2.45) is 0 Å². The minimum absolute atomic E-state index is 0.103. The number of halogens is 2. The Balaban J connectivity index is 2.45. The average molecular weight is 254 g/mol. The van der Waals surface area contributed by atoms with E-state index < -0.39 is 11.6 Å². The summed E-state index contributed by atoms with van der Waals surface area (Å²) in [6.07, 6.45) is 0.425. The highest BCUT2D eigenvalue weighted by atomic mass is 19.1. The van der Waals surface area contributed by atoms with Gasteiger partial charge in [-0.3, -0.25) is 0 Å². The lowest BCUT2D eigenvalue weighted by atomic mass is 10.0. The molecule has 2 N–H and O–H groups in total. The van der Waals surface area contributed by atoms with Gasteiger partial charge in [0.05, 0.1) is 12.2 Å². The van der Waals surface area contributed by atoms with Crippen molar-refractivity contribution in [3.05, 3.63) is 35.6 Å². The molecule has 2 rings (SSSR count). The predicted molar refractivity (Wildman–Crippen MR) is 61.8 cm³/mol. The molecule has 18 heavy (non-hydrogen) atoms. The van der Waals surface area contributed by atoms with E-state index in [1.54, 1.807) is 7.11 Å². The van der Waals surface area contributed by atoms with Gasteiger partial charge in [-0.15, -0.1) is 0 Å². The molecule has 0 unspecified atom stereocenters. The summed E-state index contributed by atoms with van der Waals surface area (Å²) in [5.41, 5.74) is 6.37. The monoisotopic (exact) mass is 254 g/mol. The van der Waals surface area contributed by atoms with Gasteiger partial charge in [0.2, 0.25) is 0 Å². The van der Waals surface area contributed by atoms with Gasteiger partial charge in [0, 0.05) is 19.6 Å². The number of nitrogens with zero attached hydrogens (tertiary/aromatic N) is 1. The lowest BCUT2D eigenvalue weighted by molar-refractivity contribution is 0.193. The summed E-state index contributed by atoms with van der Waals surface area (Å²) in [6.45, 7) is 0.402. The SMILES string of the molecule is COCCc1onc(N)c1-c1cc(F)cc(F)c1. The molecule has 0 saturated heterocycles. The van der Waals surface area contributed by atoms with Gasteiger partial charge in [0.25, 0.3) is 0 Å². The summed E-state index contributed by atoms with van der Waals surface area (Å²) in [5.74, 6) is -0.808. The maximum absolute atomic E-state index is 13.2. The molecule has 0 spiro atoms. The number of hydrogen-bond donors (Lipinski definition) is 1. The van der Waals surface area contributed by atoms with E-state index in [0.29, 0.717) is 29.9 Å². The second-order valence-electron chi connectivity index (χ2n) is 3.77. The number of nitrogens with two attached hydrogens (primary N) is 1. The third kappa shape index (κ3) is 2.48. The molecule has 1 heterocycles. The molecule has 0 amide bonds. The Kier molecular flexibility index (Phi) is 3.57. The Morgan fingerprint density at radius 3 is 2.56 bits per heavy atom. The first-order valence-corrected chi connectivity index (χ1v) is 5.31. The van der Waals surface area contributed by atoms with Crippen molar-refractivity contribution in [1.29, 1.82) is 0 Å². The summed E-state index contributed by atoms with van der Waals surface area (Å²) in [5, 5.41) is 3.61. The molecule has 96 valence electrons. The maximum Gasteiger partial charge on any atom is 0.175 e. The average Bonchev–Trinajstić information content (AvgIpc) is 2.66. The van der Waals surface area contributed by atoms with Crippen molar-refractivity contribution >= 4 is 5.82 Å². The number of methoxy groups -OCH3 is 1. The molecule has 0 aliphatic carbocycles. The molecule has 0 aliphatic heterocycles. The van der Waals surface area contributed by atoms with Gasteiger partial charge in [-0.05, 0) is 17.7 Å². The van der Waals surface area contributed by atoms with Crippen LogP contribution in [-0.2, 0) is 11.2 Å². The molecule has 0 atom stereocenters. The highest BCUT2D eigenvalue weighted by molar-refractivity contribution is 5.75. The quantitative estimate of drug-likeness (QED) is 0.910. The van der Waals surface area contributed by atoms with Gasteiger partial charge >= 0.3 is 0 Å². The minimum Gasteiger partial charge on any atom is -0.384 e. The van der Waals surface area contributed by atoms with Gasteiger partial charge in [-0.25, -0.2) is 8.78 Å². The van der Waals surface area contributed by atoms with E-state index in [1.807, 2.05) is 0 Å². The molecule has 4 nitrogen and oxygen atoms in total. The number of rotatable bonds is 4. The zero-order valence-corrected chi connectivity index (χ0v) is 9.74. The van der Waals surface area contributed by atoms with Crippen LogP contribution in [0.1, 0.15) is 5.76 Å². The van der Waals surface area contributed by atoms with E-state index in [9.17, 15) is 8.78 Å². The first-order valence-electron chi connectivity index (χ1n) is 5.31. The summed E-state index contributed by atoms with van der Waals surface area (Å²) >= 11 is 0. The molecule has 0 radical (unpaired) electrons. The minimum atomic E-state index is -0.678. The first-order chi connectivity index (χ1) is 8.61. The van der Waals surface area contributed by atoms with Crippen molar-refractivity contribution in [1.82, 2.24) is 5.16 Å². The van der Waals surface area contributed by atoms with Crippen molar-refractivity contribution < 1.29 is 18.0 Å². The third-order valence-electron chi connectivity index (χ3n) is 2.47. The number of aromatic nitrogens is 1. The first kappa shape index (κ1) is 12.5. The smallest absolute Gasteiger partial charge is 0.175 e. The molecule has 2 aromatic rings. The van der Waals surface area contributed by atoms with Crippen LogP contribution in [0.5, 0.6) is 0 Å². The van der Waals surface area contributed by atoms with Gasteiger partial charge in [0.15, 0.2) is 5.82 Å². The van der Waals surface area contributed by atoms with Crippen LogP contribution in [0.3, 0.4) is 0 Å². The largest absolute Gasteiger partial charge is 0.384 e. The van der Waals surface area contributed by atoms with Crippen LogP contribution in [0, 0.1) is 11.6 Å². The summed E-state index contributed by atoms with van der Waals surface area (Å²) in [6, 6.07) is 3.16. The second kappa shape index (κ2) is 5.14. The molecule has 0 aliphatic rings. The van der Waals surface area contributed by atoms with Crippen molar-refractivity contribution in [3.63, 3.8) is 0 Å². The summed E-state index contributed by atoms with van der Waals surface area (Å²) in [4.78, 5) is 0. The Labute approximate surface area is 102 Å². The topological polar surface area (TPSA) is 61.3 Å². The van der Waals surface area contributed by atoms with Crippen LogP contribution < -0.4 is 5.73 Å². The maximum atomic E-state index is 13.2. The Bertz CT molecular complexity index is 535. The zero-order chi connectivity index (χ0) is 13.1. The van der Waals surface area contributed by atoms with Gasteiger partial charge in [0.1, 0.15) is 17.4 Å². The number of benzene rings is 1. The highest BCUT2D eigenvalue weighted by Gasteiger charge is 2.17. The van der Waals surface area contributed by atoms with Gasteiger partial charge < -0.3 is 15.0 Å². The lowest BCUT2D eigenvalue weighted by Crippen LogP contribution is -1.96. The molecule has 0 saturated carbocycles. The van der Waals surface area contributed by atoms with Crippen molar-refractivity contribution in [2.75, 3.05) is 19.5 Å². The van der Waals surface area contributed by atoms with Crippen LogP contribution >= 0.6 is 0 Å². The van der Waals surface area contributed by atoms with E-state index >= 15 is 0 Å². The zero-order valence-electron chi connectivity index (χ0n) is 9.74. The molecule has 1 aromatic heterocycles. The van der Waals surface area contributed by atoms with Crippen molar-refractivity contribution in [2.45, 2.75) is 6.42 Å². The van der Waals surface area contributed by atoms with Crippen LogP contribution in [0.25, 0.3) is 11.1 Å². The fourth-order valence-electron chi connectivity index (χ4n) is 1.71. The molecule has 6 heteroatoms. The fraction of sp³-hybridized carbons (Fsp3) is 0.250. The van der Waals surface area contributed by atoms with Crippen LogP contribution in [0.15, 0.2) is 22.7 Å². The summed E-state index contributed by atoms with van der Waals surface area (Å²) in [7, 11) is 1.54.